The normalized spacial score (nSPS) is 12.9. The first-order valence-corrected chi connectivity index (χ1v) is 5.48. The van der Waals surface area contributed by atoms with Gasteiger partial charge in [0.1, 0.15) is 5.82 Å². The van der Waals surface area contributed by atoms with Gasteiger partial charge in [-0.25, -0.2) is 4.39 Å². The summed E-state index contributed by atoms with van der Waals surface area (Å²) in [7, 11) is 0. The van der Waals surface area contributed by atoms with Crippen LogP contribution in [0.15, 0.2) is 18.2 Å². The van der Waals surface area contributed by atoms with Gasteiger partial charge in [0.2, 0.25) is 0 Å². The molecule has 2 rings (SSSR count). The van der Waals surface area contributed by atoms with E-state index in [1.54, 1.807) is 6.07 Å². The van der Waals surface area contributed by atoms with Gasteiger partial charge in [0.15, 0.2) is 0 Å². The molecule has 1 aromatic heterocycles. The fourth-order valence-electron chi connectivity index (χ4n) is 2.19. The summed E-state index contributed by atoms with van der Waals surface area (Å²) in [5.74, 6) is -1.24. The summed E-state index contributed by atoms with van der Waals surface area (Å²) < 4.78 is 13.1. The zero-order chi connectivity index (χ0) is 12.6. The smallest absolute Gasteiger partial charge is 0.304 e. The number of hydrogen-bond acceptors (Lipinski definition) is 1. The van der Waals surface area contributed by atoms with Gasteiger partial charge in [-0.2, -0.15) is 0 Å². The van der Waals surface area contributed by atoms with Crippen molar-refractivity contribution in [2.75, 3.05) is 0 Å². The molecule has 0 aliphatic heterocycles. The Morgan fingerprint density at radius 1 is 1.53 bits per heavy atom. The number of nitrogens with one attached hydrogen (secondary N) is 1. The van der Waals surface area contributed by atoms with Crippen molar-refractivity contribution >= 4 is 16.9 Å². The summed E-state index contributed by atoms with van der Waals surface area (Å²) >= 11 is 0. The van der Waals surface area contributed by atoms with E-state index in [0.29, 0.717) is 0 Å². The molecule has 1 heterocycles. The van der Waals surface area contributed by atoms with Crippen molar-refractivity contribution in [1.29, 1.82) is 0 Å². The number of fused-ring (bicyclic) bond motifs is 1. The minimum Gasteiger partial charge on any atom is -0.481 e. The molecule has 0 fully saturated rings. The number of carboxylic acids is 1. The number of carbonyl (C=O) groups is 1. The average molecular weight is 235 g/mol. The molecule has 90 valence electrons. The minimum atomic E-state index is -0.832. The standard InChI is InChI=1S/C13H14FNO2/c1-7(5-12(16)17)13-8(2)10-4-3-9(14)6-11(10)15-13/h3-4,6-7,15H,5H2,1-2H3,(H,16,17). The summed E-state index contributed by atoms with van der Waals surface area (Å²) in [6.45, 7) is 3.77. The number of aryl methyl sites for hydroxylation is 1. The van der Waals surface area contributed by atoms with Crippen LogP contribution in [0.4, 0.5) is 4.39 Å². The highest BCUT2D eigenvalue weighted by Gasteiger charge is 2.16. The Morgan fingerprint density at radius 2 is 2.24 bits per heavy atom. The fourth-order valence-corrected chi connectivity index (χ4v) is 2.19. The largest absolute Gasteiger partial charge is 0.481 e. The van der Waals surface area contributed by atoms with Crippen LogP contribution in [0.25, 0.3) is 10.9 Å². The second-order valence-electron chi connectivity index (χ2n) is 4.35. The molecular weight excluding hydrogens is 221 g/mol. The molecule has 0 aliphatic rings. The third-order valence-electron chi connectivity index (χ3n) is 3.03. The second kappa shape index (κ2) is 4.20. The van der Waals surface area contributed by atoms with E-state index in [0.717, 1.165) is 22.2 Å². The van der Waals surface area contributed by atoms with Gasteiger partial charge in [0.25, 0.3) is 0 Å². The number of rotatable bonds is 3. The quantitative estimate of drug-likeness (QED) is 0.858. The number of benzene rings is 1. The third kappa shape index (κ3) is 2.16. The molecule has 1 atom stereocenters. The molecule has 1 unspecified atom stereocenters. The Kier molecular flexibility index (Phi) is 2.88. The van der Waals surface area contributed by atoms with Crippen LogP contribution in [-0.4, -0.2) is 16.1 Å². The van der Waals surface area contributed by atoms with Crippen LogP contribution in [-0.2, 0) is 4.79 Å². The zero-order valence-corrected chi connectivity index (χ0v) is 9.75. The van der Waals surface area contributed by atoms with Crippen molar-refractivity contribution in [2.24, 2.45) is 0 Å². The van der Waals surface area contributed by atoms with Crippen LogP contribution in [0.1, 0.15) is 30.5 Å². The van der Waals surface area contributed by atoms with Crippen molar-refractivity contribution in [2.45, 2.75) is 26.2 Å². The fraction of sp³-hybridized carbons (Fsp3) is 0.308. The summed E-state index contributed by atoms with van der Waals surface area (Å²) in [4.78, 5) is 13.8. The van der Waals surface area contributed by atoms with Gasteiger partial charge in [-0.3, -0.25) is 4.79 Å². The average Bonchev–Trinajstić information content (AvgIpc) is 2.54. The Hall–Kier alpha value is -1.84. The number of halogens is 1. The van der Waals surface area contributed by atoms with Gasteiger partial charge in [-0.15, -0.1) is 0 Å². The molecule has 17 heavy (non-hydrogen) atoms. The monoisotopic (exact) mass is 235 g/mol. The molecule has 0 aliphatic carbocycles. The molecule has 2 N–H and O–H groups in total. The van der Waals surface area contributed by atoms with Gasteiger partial charge >= 0.3 is 5.97 Å². The van der Waals surface area contributed by atoms with Gasteiger partial charge in [0.05, 0.1) is 6.42 Å². The van der Waals surface area contributed by atoms with Crippen LogP contribution in [0.2, 0.25) is 0 Å². The van der Waals surface area contributed by atoms with E-state index in [9.17, 15) is 9.18 Å². The van der Waals surface area contributed by atoms with Crippen molar-refractivity contribution in [3.63, 3.8) is 0 Å². The molecule has 0 spiro atoms. The predicted octanol–water partition coefficient (Wildman–Crippen LogP) is 3.19. The molecule has 0 bridgehead atoms. The van der Waals surface area contributed by atoms with Gasteiger partial charge in [-0.05, 0) is 30.7 Å². The lowest BCUT2D eigenvalue weighted by atomic mass is 10.00. The van der Waals surface area contributed by atoms with Gasteiger partial charge in [-0.1, -0.05) is 6.92 Å². The molecule has 1 aromatic carbocycles. The van der Waals surface area contributed by atoms with E-state index in [2.05, 4.69) is 4.98 Å². The molecule has 4 heteroatoms. The highest BCUT2D eigenvalue weighted by molar-refractivity contribution is 5.84. The van der Waals surface area contributed by atoms with Crippen molar-refractivity contribution < 1.29 is 14.3 Å². The van der Waals surface area contributed by atoms with Crippen LogP contribution in [0.5, 0.6) is 0 Å². The molecule has 0 radical (unpaired) electrons. The number of hydrogen-bond donors (Lipinski definition) is 2. The number of aromatic amines is 1. The predicted molar refractivity (Wildman–Crippen MR) is 63.7 cm³/mol. The van der Waals surface area contributed by atoms with Gasteiger partial charge < -0.3 is 10.1 Å². The van der Waals surface area contributed by atoms with E-state index in [1.807, 2.05) is 13.8 Å². The number of carboxylic acid groups (broad SMARTS) is 1. The molecule has 2 aromatic rings. The topological polar surface area (TPSA) is 53.1 Å². The van der Waals surface area contributed by atoms with Crippen LogP contribution < -0.4 is 0 Å². The van der Waals surface area contributed by atoms with Gasteiger partial charge in [0, 0.05) is 22.5 Å². The summed E-state index contributed by atoms with van der Waals surface area (Å²) in [5, 5.41) is 9.72. The Bertz CT molecular complexity index is 574. The molecule has 0 saturated heterocycles. The highest BCUT2D eigenvalue weighted by Crippen LogP contribution is 2.29. The number of aromatic nitrogens is 1. The Balaban J connectivity index is 2.48. The maximum absolute atomic E-state index is 13.1. The second-order valence-corrected chi connectivity index (χ2v) is 4.35. The SMILES string of the molecule is Cc1c(C(C)CC(=O)O)[nH]c2cc(F)ccc12. The first-order valence-electron chi connectivity index (χ1n) is 5.48. The molecule has 0 saturated carbocycles. The van der Waals surface area contributed by atoms with E-state index in [1.165, 1.54) is 12.1 Å². The summed E-state index contributed by atoms with van der Waals surface area (Å²) in [6, 6.07) is 4.56. The zero-order valence-electron chi connectivity index (χ0n) is 9.75. The lowest BCUT2D eigenvalue weighted by Gasteiger charge is -2.07. The van der Waals surface area contributed by atoms with E-state index in [4.69, 9.17) is 5.11 Å². The van der Waals surface area contributed by atoms with E-state index in [-0.39, 0.29) is 18.2 Å². The van der Waals surface area contributed by atoms with Crippen molar-refractivity contribution in [1.82, 2.24) is 4.98 Å². The van der Waals surface area contributed by atoms with E-state index < -0.39 is 5.97 Å². The van der Waals surface area contributed by atoms with Crippen molar-refractivity contribution in [3.8, 4) is 0 Å². The first-order chi connectivity index (χ1) is 7.99. The van der Waals surface area contributed by atoms with Crippen LogP contribution >= 0.6 is 0 Å². The molecule has 0 amide bonds. The molecular formula is C13H14FNO2. The lowest BCUT2D eigenvalue weighted by molar-refractivity contribution is -0.137. The maximum Gasteiger partial charge on any atom is 0.304 e. The maximum atomic E-state index is 13.1. The lowest BCUT2D eigenvalue weighted by Crippen LogP contribution is -2.04. The first kappa shape index (κ1) is 11.6. The Morgan fingerprint density at radius 3 is 2.88 bits per heavy atom. The highest BCUT2D eigenvalue weighted by atomic mass is 19.1. The Labute approximate surface area is 98.3 Å². The van der Waals surface area contributed by atoms with Crippen LogP contribution in [0.3, 0.4) is 0 Å². The molecule has 3 nitrogen and oxygen atoms in total. The number of aliphatic carboxylic acids is 1. The summed E-state index contributed by atoms with van der Waals surface area (Å²) in [6.07, 6.45) is 0.0656. The summed E-state index contributed by atoms with van der Waals surface area (Å²) in [5.41, 5.74) is 2.58. The van der Waals surface area contributed by atoms with E-state index >= 15 is 0 Å². The third-order valence-corrected chi connectivity index (χ3v) is 3.03. The van der Waals surface area contributed by atoms with Crippen molar-refractivity contribution in [3.05, 3.63) is 35.3 Å². The van der Waals surface area contributed by atoms with Crippen LogP contribution in [0, 0.1) is 12.7 Å². The number of H-pyrrole nitrogens is 1. The minimum absolute atomic E-state index is 0.0656.